The standard InChI is InChI=1S/C20H20N4O3/c1-3-27-13-6-4-12(5-7-13)24-11-17(25)18(19(24)21)20-22-15-9-8-14(26-2)10-16(15)23-20/h4-10,21,25H,3,11H2,1-2H3,(H,22,23). The molecule has 0 unspecified atom stereocenters. The molecule has 1 aliphatic heterocycles. The third-order valence-electron chi connectivity index (χ3n) is 4.49. The molecule has 0 bridgehead atoms. The molecule has 1 aromatic heterocycles. The summed E-state index contributed by atoms with van der Waals surface area (Å²) in [7, 11) is 1.61. The number of imidazole rings is 1. The number of hydrogen-bond acceptors (Lipinski definition) is 5. The second-order valence-corrected chi connectivity index (χ2v) is 6.15. The number of nitrogens with one attached hydrogen (secondary N) is 2. The predicted octanol–water partition coefficient (Wildman–Crippen LogP) is 3.74. The topological polar surface area (TPSA) is 94.5 Å². The molecule has 2 aromatic carbocycles. The van der Waals surface area contributed by atoms with Crippen LogP contribution in [0.1, 0.15) is 12.7 Å². The number of aliphatic hydroxyl groups excluding tert-OH is 1. The normalized spacial score (nSPS) is 14.3. The Balaban J connectivity index is 1.64. The van der Waals surface area contributed by atoms with Crippen molar-refractivity contribution in [2.75, 3.05) is 25.2 Å². The lowest BCUT2D eigenvalue weighted by Gasteiger charge is -2.19. The zero-order valence-corrected chi connectivity index (χ0v) is 15.1. The fourth-order valence-electron chi connectivity index (χ4n) is 3.17. The number of nitrogens with zero attached hydrogens (tertiary/aromatic N) is 2. The molecule has 3 N–H and O–H groups in total. The maximum absolute atomic E-state index is 10.5. The molecule has 3 aromatic rings. The highest BCUT2D eigenvalue weighted by Gasteiger charge is 2.31. The van der Waals surface area contributed by atoms with Gasteiger partial charge in [0.25, 0.3) is 0 Å². The highest BCUT2D eigenvalue weighted by molar-refractivity contribution is 6.30. The van der Waals surface area contributed by atoms with E-state index in [2.05, 4.69) is 9.97 Å². The Kier molecular flexibility index (Phi) is 4.19. The quantitative estimate of drug-likeness (QED) is 0.641. The van der Waals surface area contributed by atoms with Crippen molar-refractivity contribution in [3.63, 3.8) is 0 Å². The van der Waals surface area contributed by atoms with E-state index in [9.17, 15) is 5.11 Å². The molecule has 7 heteroatoms. The SMILES string of the molecule is CCOc1ccc(N2CC(O)=C(c3nc4ccc(OC)cc4[nH]3)C2=N)cc1. The van der Waals surface area contributed by atoms with Gasteiger partial charge in [0.05, 0.1) is 36.9 Å². The van der Waals surface area contributed by atoms with Crippen LogP contribution in [-0.2, 0) is 0 Å². The van der Waals surface area contributed by atoms with E-state index in [4.69, 9.17) is 14.9 Å². The van der Waals surface area contributed by atoms with E-state index in [0.29, 0.717) is 23.8 Å². The fourth-order valence-corrected chi connectivity index (χ4v) is 3.17. The van der Waals surface area contributed by atoms with Gasteiger partial charge >= 0.3 is 0 Å². The van der Waals surface area contributed by atoms with Crippen LogP contribution in [0, 0.1) is 5.41 Å². The van der Waals surface area contributed by atoms with Crippen molar-refractivity contribution in [3.8, 4) is 11.5 Å². The van der Waals surface area contributed by atoms with Crippen LogP contribution in [0.25, 0.3) is 16.6 Å². The Morgan fingerprint density at radius 3 is 2.63 bits per heavy atom. The van der Waals surface area contributed by atoms with Crippen molar-refractivity contribution in [2.45, 2.75) is 6.92 Å². The lowest BCUT2D eigenvalue weighted by molar-refractivity contribution is 0.340. The van der Waals surface area contributed by atoms with Gasteiger partial charge in [-0.3, -0.25) is 5.41 Å². The number of amidine groups is 1. The molecular formula is C20H20N4O3. The van der Waals surface area contributed by atoms with Gasteiger partial charge in [-0.15, -0.1) is 0 Å². The molecule has 7 nitrogen and oxygen atoms in total. The van der Waals surface area contributed by atoms with Gasteiger partial charge in [-0.1, -0.05) is 0 Å². The molecule has 138 valence electrons. The first kappa shape index (κ1) is 17.0. The van der Waals surface area contributed by atoms with Crippen LogP contribution in [0.2, 0.25) is 0 Å². The first-order chi connectivity index (χ1) is 13.1. The third-order valence-corrected chi connectivity index (χ3v) is 4.49. The number of benzene rings is 2. The van der Waals surface area contributed by atoms with Gasteiger partial charge in [-0.2, -0.15) is 0 Å². The van der Waals surface area contributed by atoms with Crippen molar-refractivity contribution in [1.82, 2.24) is 9.97 Å². The Hall–Kier alpha value is -3.48. The molecular weight excluding hydrogens is 344 g/mol. The van der Waals surface area contributed by atoms with Crippen LogP contribution in [0.15, 0.2) is 48.2 Å². The summed E-state index contributed by atoms with van der Waals surface area (Å²) in [5.74, 6) is 2.26. The first-order valence-electron chi connectivity index (χ1n) is 8.66. The molecule has 1 aliphatic rings. The van der Waals surface area contributed by atoms with Crippen molar-refractivity contribution < 1.29 is 14.6 Å². The van der Waals surface area contributed by atoms with Gasteiger partial charge in [0, 0.05) is 11.8 Å². The summed E-state index contributed by atoms with van der Waals surface area (Å²) in [4.78, 5) is 9.43. The number of methoxy groups -OCH3 is 1. The van der Waals surface area contributed by atoms with Gasteiger partial charge < -0.3 is 24.5 Å². The first-order valence-corrected chi connectivity index (χ1v) is 8.66. The van der Waals surface area contributed by atoms with Crippen molar-refractivity contribution in [1.29, 1.82) is 5.41 Å². The Morgan fingerprint density at radius 1 is 1.19 bits per heavy atom. The minimum absolute atomic E-state index is 0.111. The molecule has 0 saturated heterocycles. The maximum atomic E-state index is 10.5. The summed E-state index contributed by atoms with van der Waals surface area (Å²) in [6, 6.07) is 13.0. The Morgan fingerprint density at radius 2 is 1.93 bits per heavy atom. The third kappa shape index (κ3) is 2.97. The lowest BCUT2D eigenvalue weighted by atomic mass is 10.2. The number of ether oxygens (including phenoxy) is 2. The molecule has 0 spiro atoms. The summed E-state index contributed by atoms with van der Waals surface area (Å²) in [5.41, 5.74) is 2.75. The average Bonchev–Trinajstić information content (AvgIpc) is 3.21. The molecule has 0 fully saturated rings. The van der Waals surface area contributed by atoms with Crippen LogP contribution in [0.5, 0.6) is 11.5 Å². The van der Waals surface area contributed by atoms with Crippen LogP contribution < -0.4 is 14.4 Å². The highest BCUT2D eigenvalue weighted by atomic mass is 16.5. The van der Waals surface area contributed by atoms with E-state index in [1.54, 1.807) is 12.0 Å². The Bertz CT molecular complexity index is 1040. The smallest absolute Gasteiger partial charge is 0.145 e. The zero-order valence-electron chi connectivity index (χ0n) is 15.1. The summed E-state index contributed by atoms with van der Waals surface area (Å²) < 4.78 is 10.7. The highest BCUT2D eigenvalue weighted by Crippen LogP contribution is 2.32. The summed E-state index contributed by atoms with van der Waals surface area (Å²) in [5, 5.41) is 19.0. The summed E-state index contributed by atoms with van der Waals surface area (Å²) in [6.07, 6.45) is 0. The van der Waals surface area contributed by atoms with Crippen molar-refractivity contribution >= 4 is 28.1 Å². The number of H-pyrrole nitrogens is 1. The molecule has 2 heterocycles. The van der Waals surface area contributed by atoms with Gasteiger partial charge in [0.2, 0.25) is 0 Å². The largest absolute Gasteiger partial charge is 0.509 e. The van der Waals surface area contributed by atoms with E-state index in [1.807, 2.05) is 49.4 Å². The van der Waals surface area contributed by atoms with Crippen molar-refractivity contribution in [2.24, 2.45) is 0 Å². The minimum Gasteiger partial charge on any atom is -0.509 e. The molecule has 0 radical (unpaired) electrons. The van der Waals surface area contributed by atoms with Gasteiger partial charge in [-0.05, 0) is 43.3 Å². The second kappa shape index (κ2) is 6.68. The number of fused-ring (bicyclic) bond motifs is 1. The number of aromatic nitrogens is 2. The fraction of sp³-hybridized carbons (Fsp3) is 0.200. The predicted molar refractivity (Wildman–Crippen MR) is 105 cm³/mol. The van der Waals surface area contributed by atoms with Crippen LogP contribution >= 0.6 is 0 Å². The molecule has 4 rings (SSSR count). The lowest BCUT2D eigenvalue weighted by Crippen LogP contribution is -2.26. The van der Waals surface area contributed by atoms with E-state index in [1.165, 1.54) is 0 Å². The maximum Gasteiger partial charge on any atom is 0.145 e. The van der Waals surface area contributed by atoms with E-state index >= 15 is 0 Å². The number of aliphatic hydroxyl groups is 1. The number of anilines is 1. The minimum atomic E-state index is 0.111. The monoisotopic (exact) mass is 364 g/mol. The van der Waals surface area contributed by atoms with Crippen LogP contribution in [0.3, 0.4) is 0 Å². The second-order valence-electron chi connectivity index (χ2n) is 6.15. The molecule has 0 saturated carbocycles. The van der Waals surface area contributed by atoms with E-state index < -0.39 is 0 Å². The van der Waals surface area contributed by atoms with Crippen molar-refractivity contribution in [3.05, 3.63) is 54.0 Å². The van der Waals surface area contributed by atoms with Gasteiger partial charge in [0.15, 0.2) is 0 Å². The summed E-state index contributed by atoms with van der Waals surface area (Å²) >= 11 is 0. The van der Waals surface area contributed by atoms with Crippen LogP contribution in [-0.4, -0.2) is 41.2 Å². The molecule has 0 aliphatic carbocycles. The number of hydrogen-bond donors (Lipinski definition) is 3. The number of rotatable bonds is 5. The zero-order chi connectivity index (χ0) is 19.0. The Labute approximate surface area is 156 Å². The summed E-state index contributed by atoms with van der Waals surface area (Å²) in [6.45, 7) is 2.76. The van der Waals surface area contributed by atoms with E-state index in [0.717, 1.165) is 22.5 Å². The molecule has 0 atom stereocenters. The molecule has 27 heavy (non-hydrogen) atoms. The van der Waals surface area contributed by atoms with Crippen LogP contribution in [0.4, 0.5) is 5.69 Å². The van der Waals surface area contributed by atoms with Gasteiger partial charge in [-0.25, -0.2) is 4.98 Å². The molecule has 0 amide bonds. The van der Waals surface area contributed by atoms with Gasteiger partial charge in [0.1, 0.15) is 28.9 Å². The number of aromatic amines is 1. The average molecular weight is 364 g/mol. The van der Waals surface area contributed by atoms with E-state index in [-0.39, 0.29) is 18.1 Å².